The van der Waals surface area contributed by atoms with Crippen molar-refractivity contribution in [3.63, 3.8) is 0 Å². The van der Waals surface area contributed by atoms with Gasteiger partial charge in [-0.05, 0) is 43.9 Å². The minimum atomic E-state index is -0.229. The van der Waals surface area contributed by atoms with Crippen molar-refractivity contribution in [3.8, 4) is 11.5 Å². The molecular formula is C16H25NO3. The standard InChI is InChI=1S/C16H25NO3/c1-3-4-14(18)10-17-12(2)5-6-13-7-8-15-16(9-13)20-11-19-15/h7-9,12,14,17-18H,3-6,10-11H2,1-2H3. The number of aliphatic hydroxyl groups excluding tert-OH is 1. The molecule has 1 aliphatic heterocycles. The van der Waals surface area contributed by atoms with Gasteiger partial charge >= 0.3 is 0 Å². The Balaban J connectivity index is 1.72. The van der Waals surface area contributed by atoms with Crippen LogP contribution in [0.2, 0.25) is 0 Å². The van der Waals surface area contributed by atoms with Crippen molar-refractivity contribution in [2.75, 3.05) is 13.3 Å². The van der Waals surface area contributed by atoms with E-state index in [0.717, 1.165) is 37.2 Å². The van der Waals surface area contributed by atoms with Gasteiger partial charge in [-0.3, -0.25) is 0 Å². The lowest BCUT2D eigenvalue weighted by molar-refractivity contribution is 0.156. The van der Waals surface area contributed by atoms with E-state index in [-0.39, 0.29) is 6.10 Å². The molecular weight excluding hydrogens is 254 g/mol. The Morgan fingerprint density at radius 3 is 2.85 bits per heavy atom. The third-order valence-electron chi connectivity index (χ3n) is 3.63. The van der Waals surface area contributed by atoms with Crippen molar-refractivity contribution in [3.05, 3.63) is 23.8 Å². The largest absolute Gasteiger partial charge is 0.454 e. The first-order chi connectivity index (χ1) is 9.69. The highest BCUT2D eigenvalue weighted by Crippen LogP contribution is 2.32. The van der Waals surface area contributed by atoms with Crippen LogP contribution in [0.15, 0.2) is 18.2 Å². The number of fused-ring (bicyclic) bond motifs is 1. The predicted molar refractivity (Wildman–Crippen MR) is 79.3 cm³/mol. The molecule has 1 aromatic rings. The van der Waals surface area contributed by atoms with Gasteiger partial charge in [0, 0.05) is 12.6 Å². The first-order valence-electron chi connectivity index (χ1n) is 7.49. The number of hydrogen-bond acceptors (Lipinski definition) is 4. The van der Waals surface area contributed by atoms with Crippen LogP contribution >= 0.6 is 0 Å². The molecule has 0 aliphatic carbocycles. The molecule has 0 amide bonds. The van der Waals surface area contributed by atoms with Crippen molar-refractivity contribution in [2.45, 2.75) is 51.7 Å². The Morgan fingerprint density at radius 1 is 1.25 bits per heavy atom. The molecule has 2 atom stereocenters. The Bertz CT molecular complexity index is 422. The highest BCUT2D eigenvalue weighted by atomic mass is 16.7. The summed E-state index contributed by atoms with van der Waals surface area (Å²) in [7, 11) is 0. The summed E-state index contributed by atoms with van der Waals surface area (Å²) in [6.07, 6.45) is 3.69. The molecule has 1 aliphatic rings. The summed E-state index contributed by atoms with van der Waals surface area (Å²) in [5, 5.41) is 13.1. The number of aryl methyl sites for hydroxylation is 1. The molecule has 0 saturated heterocycles. The Kier molecular flexibility index (Phi) is 5.68. The van der Waals surface area contributed by atoms with Crippen LogP contribution in [-0.4, -0.2) is 30.6 Å². The van der Waals surface area contributed by atoms with E-state index in [4.69, 9.17) is 9.47 Å². The number of nitrogens with one attached hydrogen (secondary N) is 1. The SMILES string of the molecule is CCCC(O)CNC(C)CCc1ccc2c(c1)OCO2. The summed E-state index contributed by atoms with van der Waals surface area (Å²) in [6.45, 7) is 5.25. The summed E-state index contributed by atoms with van der Waals surface area (Å²) in [5.41, 5.74) is 1.26. The number of ether oxygens (including phenoxy) is 2. The van der Waals surface area contributed by atoms with Gasteiger partial charge in [-0.2, -0.15) is 0 Å². The average molecular weight is 279 g/mol. The summed E-state index contributed by atoms with van der Waals surface area (Å²) in [4.78, 5) is 0. The predicted octanol–water partition coefficient (Wildman–Crippen LogP) is 2.49. The smallest absolute Gasteiger partial charge is 0.231 e. The molecule has 4 nitrogen and oxygen atoms in total. The molecule has 0 spiro atoms. The van der Waals surface area contributed by atoms with E-state index in [1.54, 1.807) is 0 Å². The lowest BCUT2D eigenvalue weighted by Gasteiger charge is -2.16. The van der Waals surface area contributed by atoms with Gasteiger partial charge in [0.2, 0.25) is 6.79 Å². The number of rotatable bonds is 8. The molecule has 20 heavy (non-hydrogen) atoms. The maximum absolute atomic E-state index is 9.70. The quantitative estimate of drug-likeness (QED) is 0.767. The van der Waals surface area contributed by atoms with Crippen LogP contribution in [0, 0.1) is 0 Å². The molecule has 2 rings (SSSR count). The molecule has 2 N–H and O–H groups in total. The first kappa shape index (κ1) is 15.1. The minimum absolute atomic E-state index is 0.229. The zero-order valence-electron chi connectivity index (χ0n) is 12.4. The van der Waals surface area contributed by atoms with Crippen LogP contribution < -0.4 is 14.8 Å². The van der Waals surface area contributed by atoms with Gasteiger partial charge in [0.15, 0.2) is 11.5 Å². The van der Waals surface area contributed by atoms with Crippen molar-refractivity contribution in [2.24, 2.45) is 0 Å². The molecule has 0 saturated carbocycles. The highest BCUT2D eigenvalue weighted by molar-refractivity contribution is 5.44. The maximum Gasteiger partial charge on any atom is 0.231 e. The van der Waals surface area contributed by atoms with Gasteiger partial charge < -0.3 is 19.9 Å². The van der Waals surface area contributed by atoms with E-state index >= 15 is 0 Å². The minimum Gasteiger partial charge on any atom is -0.454 e. The van der Waals surface area contributed by atoms with Gasteiger partial charge in [0.25, 0.3) is 0 Å². The van der Waals surface area contributed by atoms with E-state index in [0.29, 0.717) is 19.4 Å². The summed E-state index contributed by atoms with van der Waals surface area (Å²) < 4.78 is 10.7. The van der Waals surface area contributed by atoms with Gasteiger partial charge in [-0.15, -0.1) is 0 Å². The lowest BCUT2D eigenvalue weighted by Crippen LogP contribution is -2.34. The second-order valence-corrected chi connectivity index (χ2v) is 5.48. The summed E-state index contributed by atoms with van der Waals surface area (Å²) in [6, 6.07) is 6.51. The van der Waals surface area contributed by atoms with E-state index in [9.17, 15) is 5.11 Å². The number of benzene rings is 1. The molecule has 2 unspecified atom stereocenters. The lowest BCUT2D eigenvalue weighted by atomic mass is 10.1. The normalized spacial score (nSPS) is 16.1. The average Bonchev–Trinajstić information content (AvgIpc) is 2.90. The molecule has 0 bridgehead atoms. The van der Waals surface area contributed by atoms with Crippen LogP contribution in [0.3, 0.4) is 0 Å². The van der Waals surface area contributed by atoms with Gasteiger partial charge in [0.05, 0.1) is 6.10 Å². The summed E-state index contributed by atoms with van der Waals surface area (Å²) in [5.74, 6) is 1.68. The van der Waals surface area contributed by atoms with Gasteiger partial charge in [0.1, 0.15) is 0 Å². The molecule has 1 aromatic carbocycles. The number of aliphatic hydroxyl groups is 1. The van der Waals surface area contributed by atoms with E-state index in [1.807, 2.05) is 6.07 Å². The van der Waals surface area contributed by atoms with Gasteiger partial charge in [-0.25, -0.2) is 0 Å². The third kappa shape index (κ3) is 4.39. The Labute approximate surface area is 121 Å². The number of hydrogen-bond donors (Lipinski definition) is 2. The fraction of sp³-hybridized carbons (Fsp3) is 0.625. The molecule has 0 radical (unpaired) electrons. The highest BCUT2D eigenvalue weighted by Gasteiger charge is 2.13. The van der Waals surface area contributed by atoms with Crippen LogP contribution in [0.1, 0.15) is 38.7 Å². The fourth-order valence-corrected chi connectivity index (χ4v) is 2.35. The third-order valence-corrected chi connectivity index (χ3v) is 3.63. The Morgan fingerprint density at radius 2 is 2.05 bits per heavy atom. The van der Waals surface area contributed by atoms with Crippen molar-refractivity contribution < 1.29 is 14.6 Å². The van der Waals surface area contributed by atoms with Crippen LogP contribution in [0.25, 0.3) is 0 Å². The van der Waals surface area contributed by atoms with Crippen molar-refractivity contribution in [1.82, 2.24) is 5.32 Å². The van der Waals surface area contributed by atoms with Crippen molar-refractivity contribution >= 4 is 0 Å². The molecule has 112 valence electrons. The first-order valence-corrected chi connectivity index (χ1v) is 7.49. The van der Waals surface area contributed by atoms with Crippen LogP contribution in [-0.2, 0) is 6.42 Å². The second kappa shape index (κ2) is 7.50. The van der Waals surface area contributed by atoms with E-state index in [1.165, 1.54) is 5.56 Å². The molecule has 0 aromatic heterocycles. The topological polar surface area (TPSA) is 50.7 Å². The molecule has 1 heterocycles. The van der Waals surface area contributed by atoms with E-state index < -0.39 is 0 Å². The van der Waals surface area contributed by atoms with E-state index in [2.05, 4.69) is 31.3 Å². The maximum atomic E-state index is 9.70. The van der Waals surface area contributed by atoms with Gasteiger partial charge in [-0.1, -0.05) is 19.4 Å². The monoisotopic (exact) mass is 279 g/mol. The van der Waals surface area contributed by atoms with Crippen molar-refractivity contribution in [1.29, 1.82) is 0 Å². The Hall–Kier alpha value is -1.26. The molecule has 0 fully saturated rings. The summed E-state index contributed by atoms with van der Waals surface area (Å²) >= 11 is 0. The zero-order valence-corrected chi connectivity index (χ0v) is 12.4. The van der Waals surface area contributed by atoms with Crippen LogP contribution in [0.5, 0.6) is 11.5 Å². The zero-order chi connectivity index (χ0) is 14.4. The fourth-order valence-electron chi connectivity index (χ4n) is 2.35. The second-order valence-electron chi connectivity index (χ2n) is 5.48. The molecule has 4 heteroatoms. The van der Waals surface area contributed by atoms with Crippen LogP contribution in [0.4, 0.5) is 0 Å².